The average Bonchev–Trinajstić information content (AvgIpc) is 3.03. The molecule has 1 heterocycles. The van der Waals surface area contributed by atoms with E-state index < -0.39 is 5.97 Å². The minimum atomic E-state index is -0.458. The Kier molecular flexibility index (Phi) is 4.54. The molecule has 0 bridgehead atoms. The number of nitrogens with zero attached hydrogens (tertiary/aromatic N) is 1. The SMILES string of the molecule is Cc1cccc(C2=NC(=Cc3cccc(Oc4ccccc4)c3)C(=O)O2)c1. The smallest absolute Gasteiger partial charge is 0.363 e. The lowest BCUT2D eigenvalue weighted by Crippen LogP contribution is -2.05. The van der Waals surface area contributed by atoms with Gasteiger partial charge >= 0.3 is 5.97 Å². The fraction of sp³-hybridized carbons (Fsp3) is 0.0435. The standard InChI is InChI=1S/C23H17NO3/c1-16-7-5-9-18(13-16)22-24-21(23(25)27-22)15-17-8-6-12-20(14-17)26-19-10-3-2-4-11-19/h2-15H,1H3. The lowest BCUT2D eigenvalue weighted by atomic mass is 10.1. The summed E-state index contributed by atoms with van der Waals surface area (Å²) in [6.07, 6.45) is 1.70. The molecule has 0 spiro atoms. The third kappa shape index (κ3) is 3.96. The van der Waals surface area contributed by atoms with Gasteiger partial charge in [-0.05, 0) is 55.0 Å². The van der Waals surface area contributed by atoms with Gasteiger partial charge in [-0.3, -0.25) is 0 Å². The molecule has 4 nitrogen and oxygen atoms in total. The molecule has 4 rings (SSSR count). The Hall–Kier alpha value is -3.66. The van der Waals surface area contributed by atoms with Crippen molar-refractivity contribution in [2.45, 2.75) is 6.92 Å². The number of aryl methyl sites for hydroxylation is 1. The zero-order chi connectivity index (χ0) is 18.6. The van der Waals surface area contributed by atoms with Crippen LogP contribution in [0, 0.1) is 6.92 Å². The van der Waals surface area contributed by atoms with Gasteiger partial charge in [0.2, 0.25) is 5.90 Å². The van der Waals surface area contributed by atoms with E-state index in [2.05, 4.69) is 4.99 Å². The summed E-state index contributed by atoms with van der Waals surface area (Å²) in [5.74, 6) is 1.31. The van der Waals surface area contributed by atoms with Crippen molar-refractivity contribution >= 4 is 17.9 Å². The van der Waals surface area contributed by atoms with Gasteiger partial charge in [0.15, 0.2) is 5.70 Å². The first-order valence-electron chi connectivity index (χ1n) is 8.60. The van der Waals surface area contributed by atoms with Crippen LogP contribution in [0.4, 0.5) is 0 Å². The van der Waals surface area contributed by atoms with Gasteiger partial charge < -0.3 is 9.47 Å². The number of aliphatic imine (C=N–C) groups is 1. The predicted molar refractivity (Wildman–Crippen MR) is 105 cm³/mol. The van der Waals surface area contributed by atoms with E-state index >= 15 is 0 Å². The number of hydrogen-bond donors (Lipinski definition) is 0. The molecule has 0 radical (unpaired) electrons. The molecule has 0 saturated heterocycles. The molecular weight excluding hydrogens is 338 g/mol. The first kappa shape index (κ1) is 16.8. The Morgan fingerprint density at radius 1 is 0.889 bits per heavy atom. The van der Waals surface area contributed by atoms with Crippen molar-refractivity contribution in [3.05, 3.63) is 101 Å². The summed E-state index contributed by atoms with van der Waals surface area (Å²) in [4.78, 5) is 16.5. The van der Waals surface area contributed by atoms with Crippen molar-refractivity contribution in [2.75, 3.05) is 0 Å². The highest BCUT2D eigenvalue weighted by atomic mass is 16.6. The number of cyclic esters (lactones) is 1. The van der Waals surface area contributed by atoms with Crippen LogP contribution < -0.4 is 4.74 Å². The maximum absolute atomic E-state index is 12.2. The average molecular weight is 355 g/mol. The zero-order valence-corrected chi connectivity index (χ0v) is 14.8. The van der Waals surface area contributed by atoms with E-state index in [1.54, 1.807) is 6.08 Å². The Balaban J connectivity index is 1.59. The van der Waals surface area contributed by atoms with Gasteiger partial charge in [-0.15, -0.1) is 0 Å². The lowest BCUT2D eigenvalue weighted by molar-refractivity contribution is -0.129. The summed E-state index contributed by atoms with van der Waals surface area (Å²) in [5, 5.41) is 0. The van der Waals surface area contributed by atoms with E-state index in [0.29, 0.717) is 11.6 Å². The molecule has 0 amide bonds. The van der Waals surface area contributed by atoms with Crippen LogP contribution in [-0.4, -0.2) is 11.9 Å². The Morgan fingerprint density at radius 3 is 2.48 bits per heavy atom. The molecule has 3 aromatic rings. The molecule has 0 saturated carbocycles. The number of rotatable bonds is 4. The second-order valence-electron chi connectivity index (χ2n) is 6.19. The van der Waals surface area contributed by atoms with Crippen LogP contribution in [0.25, 0.3) is 6.08 Å². The van der Waals surface area contributed by atoms with Crippen LogP contribution in [0.1, 0.15) is 16.7 Å². The molecule has 0 unspecified atom stereocenters. The third-order valence-electron chi connectivity index (χ3n) is 4.03. The highest BCUT2D eigenvalue weighted by Crippen LogP contribution is 2.24. The highest BCUT2D eigenvalue weighted by molar-refractivity contribution is 6.12. The largest absolute Gasteiger partial charge is 0.457 e. The van der Waals surface area contributed by atoms with E-state index in [9.17, 15) is 4.79 Å². The van der Waals surface area contributed by atoms with Crippen LogP contribution in [0.15, 0.2) is 89.6 Å². The molecule has 1 aliphatic heterocycles. The van der Waals surface area contributed by atoms with Gasteiger partial charge in [0.1, 0.15) is 11.5 Å². The number of hydrogen-bond acceptors (Lipinski definition) is 4. The van der Waals surface area contributed by atoms with Crippen LogP contribution in [0.5, 0.6) is 11.5 Å². The van der Waals surface area contributed by atoms with Gasteiger partial charge in [-0.1, -0.05) is 48.0 Å². The number of carbonyl (C=O) groups excluding carboxylic acids is 1. The first-order valence-corrected chi connectivity index (χ1v) is 8.60. The fourth-order valence-corrected chi connectivity index (χ4v) is 2.76. The Bertz CT molecular complexity index is 1050. The minimum absolute atomic E-state index is 0.267. The van der Waals surface area contributed by atoms with Crippen molar-refractivity contribution in [2.24, 2.45) is 4.99 Å². The number of ether oxygens (including phenoxy) is 2. The molecule has 27 heavy (non-hydrogen) atoms. The van der Waals surface area contributed by atoms with E-state index in [1.807, 2.05) is 85.8 Å². The maximum atomic E-state index is 12.2. The second-order valence-corrected chi connectivity index (χ2v) is 6.19. The molecular formula is C23H17NO3. The summed E-state index contributed by atoms with van der Waals surface area (Å²) in [7, 11) is 0. The molecule has 0 aliphatic carbocycles. The van der Waals surface area contributed by atoms with Crippen LogP contribution in [0.3, 0.4) is 0 Å². The van der Waals surface area contributed by atoms with E-state index in [-0.39, 0.29) is 5.70 Å². The quantitative estimate of drug-likeness (QED) is 0.481. The highest BCUT2D eigenvalue weighted by Gasteiger charge is 2.24. The molecule has 3 aromatic carbocycles. The van der Waals surface area contributed by atoms with Crippen LogP contribution in [0.2, 0.25) is 0 Å². The molecule has 0 fully saturated rings. The number of esters is 1. The van der Waals surface area contributed by atoms with Gasteiger partial charge in [0, 0.05) is 5.56 Å². The third-order valence-corrected chi connectivity index (χ3v) is 4.03. The summed E-state index contributed by atoms with van der Waals surface area (Å²) in [5.41, 5.74) is 2.94. The summed E-state index contributed by atoms with van der Waals surface area (Å²) < 4.78 is 11.2. The van der Waals surface area contributed by atoms with E-state index in [1.165, 1.54) is 0 Å². The zero-order valence-electron chi connectivity index (χ0n) is 14.8. The topological polar surface area (TPSA) is 47.9 Å². The Morgan fingerprint density at radius 2 is 1.67 bits per heavy atom. The molecule has 132 valence electrons. The predicted octanol–water partition coefficient (Wildman–Crippen LogP) is 5.13. The van der Waals surface area contributed by atoms with Crippen molar-refractivity contribution < 1.29 is 14.3 Å². The van der Waals surface area contributed by atoms with Crippen LogP contribution in [-0.2, 0) is 9.53 Å². The summed E-state index contributed by atoms with van der Waals surface area (Å²) in [6.45, 7) is 1.98. The Labute approximate surface area is 157 Å². The molecule has 0 aromatic heterocycles. The van der Waals surface area contributed by atoms with Gasteiger partial charge in [0.05, 0.1) is 0 Å². The van der Waals surface area contributed by atoms with Crippen molar-refractivity contribution in [3.8, 4) is 11.5 Å². The van der Waals surface area contributed by atoms with Crippen molar-refractivity contribution in [1.82, 2.24) is 0 Å². The summed E-state index contributed by atoms with van der Waals surface area (Å²) in [6, 6.07) is 24.7. The maximum Gasteiger partial charge on any atom is 0.363 e. The summed E-state index contributed by atoms with van der Waals surface area (Å²) >= 11 is 0. The number of carbonyl (C=O) groups is 1. The van der Waals surface area contributed by atoms with E-state index in [0.717, 1.165) is 22.4 Å². The van der Waals surface area contributed by atoms with Crippen molar-refractivity contribution in [3.63, 3.8) is 0 Å². The van der Waals surface area contributed by atoms with Gasteiger partial charge in [-0.2, -0.15) is 0 Å². The number of benzene rings is 3. The molecule has 0 atom stereocenters. The molecule has 0 N–H and O–H groups in total. The first-order chi connectivity index (χ1) is 13.2. The monoisotopic (exact) mass is 355 g/mol. The molecule has 1 aliphatic rings. The second kappa shape index (κ2) is 7.30. The van der Waals surface area contributed by atoms with E-state index in [4.69, 9.17) is 9.47 Å². The van der Waals surface area contributed by atoms with Gasteiger partial charge in [0.25, 0.3) is 0 Å². The van der Waals surface area contributed by atoms with Crippen molar-refractivity contribution in [1.29, 1.82) is 0 Å². The lowest BCUT2D eigenvalue weighted by Gasteiger charge is -2.05. The van der Waals surface area contributed by atoms with Gasteiger partial charge in [-0.25, -0.2) is 9.79 Å². The minimum Gasteiger partial charge on any atom is -0.457 e. The number of para-hydroxylation sites is 1. The van der Waals surface area contributed by atoms with Crippen LogP contribution >= 0.6 is 0 Å². The molecule has 4 heteroatoms. The normalized spacial score (nSPS) is 14.8. The fourth-order valence-electron chi connectivity index (χ4n) is 2.76.